The summed E-state index contributed by atoms with van der Waals surface area (Å²) in [5.74, 6) is 0.840. The molecular weight excluding hydrogens is 232 g/mol. The van der Waals surface area contributed by atoms with Crippen LogP contribution < -0.4 is 5.73 Å². The summed E-state index contributed by atoms with van der Waals surface area (Å²) in [6.45, 7) is 8.52. The van der Waals surface area contributed by atoms with Crippen LogP contribution in [0.1, 0.15) is 27.2 Å². The molecule has 2 heterocycles. The Balaban J connectivity index is 1.91. The molecule has 0 bridgehead atoms. The maximum absolute atomic E-state index is 12.0. The van der Waals surface area contributed by atoms with E-state index in [0.29, 0.717) is 24.9 Å². The summed E-state index contributed by atoms with van der Waals surface area (Å²) in [5, 5.41) is 0. The van der Waals surface area contributed by atoms with E-state index in [2.05, 4.69) is 0 Å². The van der Waals surface area contributed by atoms with Crippen molar-refractivity contribution in [2.24, 2.45) is 17.6 Å². The Kier molecular flexibility index (Phi) is 3.82. The molecule has 104 valence electrons. The van der Waals surface area contributed by atoms with Gasteiger partial charge in [-0.25, -0.2) is 4.79 Å². The Morgan fingerprint density at radius 3 is 2.67 bits per heavy atom. The van der Waals surface area contributed by atoms with Crippen molar-refractivity contribution in [1.82, 2.24) is 4.90 Å². The van der Waals surface area contributed by atoms with Gasteiger partial charge in [-0.15, -0.1) is 0 Å². The van der Waals surface area contributed by atoms with E-state index in [9.17, 15) is 4.79 Å². The third-order valence-electron chi connectivity index (χ3n) is 3.63. The molecule has 3 unspecified atom stereocenters. The molecule has 2 fully saturated rings. The summed E-state index contributed by atoms with van der Waals surface area (Å²) >= 11 is 0. The van der Waals surface area contributed by atoms with Crippen LogP contribution in [0.15, 0.2) is 0 Å². The van der Waals surface area contributed by atoms with E-state index in [-0.39, 0.29) is 12.1 Å². The summed E-state index contributed by atoms with van der Waals surface area (Å²) in [4.78, 5) is 13.7. The van der Waals surface area contributed by atoms with E-state index < -0.39 is 5.60 Å². The number of rotatable bonds is 1. The largest absolute Gasteiger partial charge is 0.444 e. The van der Waals surface area contributed by atoms with Crippen LogP contribution in [0.2, 0.25) is 0 Å². The first-order valence-corrected chi connectivity index (χ1v) is 6.68. The van der Waals surface area contributed by atoms with Gasteiger partial charge >= 0.3 is 6.09 Å². The molecule has 3 atom stereocenters. The summed E-state index contributed by atoms with van der Waals surface area (Å²) < 4.78 is 10.8. The SMILES string of the molecule is CC(C)(C)OC(=O)N1CC(N)C(C2CCOC2)C1. The molecule has 0 aliphatic carbocycles. The topological polar surface area (TPSA) is 64.8 Å². The predicted octanol–water partition coefficient (Wildman–Crippen LogP) is 1.22. The van der Waals surface area contributed by atoms with E-state index in [4.69, 9.17) is 15.2 Å². The lowest BCUT2D eigenvalue weighted by Gasteiger charge is -2.24. The van der Waals surface area contributed by atoms with E-state index >= 15 is 0 Å². The fourth-order valence-electron chi connectivity index (χ4n) is 2.72. The zero-order chi connectivity index (χ0) is 13.3. The van der Waals surface area contributed by atoms with Gasteiger partial charge in [0.2, 0.25) is 0 Å². The van der Waals surface area contributed by atoms with Crippen LogP contribution in [-0.2, 0) is 9.47 Å². The van der Waals surface area contributed by atoms with Gasteiger partial charge in [-0.2, -0.15) is 0 Å². The highest BCUT2D eigenvalue weighted by molar-refractivity contribution is 5.68. The Bertz CT molecular complexity index is 308. The molecule has 0 saturated carbocycles. The van der Waals surface area contributed by atoms with Gasteiger partial charge in [-0.1, -0.05) is 0 Å². The Morgan fingerprint density at radius 2 is 2.11 bits per heavy atom. The van der Waals surface area contributed by atoms with Gasteiger partial charge < -0.3 is 20.1 Å². The van der Waals surface area contributed by atoms with Crippen LogP contribution in [0.5, 0.6) is 0 Å². The average molecular weight is 256 g/mol. The Hall–Kier alpha value is -0.810. The fraction of sp³-hybridized carbons (Fsp3) is 0.923. The lowest BCUT2D eigenvalue weighted by Crippen LogP contribution is -2.36. The number of carbonyl (C=O) groups excluding carboxylic acids is 1. The Labute approximate surface area is 109 Å². The van der Waals surface area contributed by atoms with Crippen LogP contribution in [0, 0.1) is 11.8 Å². The van der Waals surface area contributed by atoms with Crippen LogP contribution in [-0.4, -0.2) is 48.9 Å². The molecule has 0 spiro atoms. The first-order chi connectivity index (χ1) is 8.37. The van der Waals surface area contributed by atoms with Crippen molar-refractivity contribution in [3.63, 3.8) is 0 Å². The smallest absolute Gasteiger partial charge is 0.410 e. The molecule has 5 nitrogen and oxygen atoms in total. The molecule has 18 heavy (non-hydrogen) atoms. The maximum Gasteiger partial charge on any atom is 0.410 e. The standard InChI is InChI=1S/C13H24N2O3/c1-13(2,3)18-12(16)15-6-10(11(14)7-15)9-4-5-17-8-9/h9-11H,4-8,14H2,1-3H3. The van der Waals surface area contributed by atoms with Crippen molar-refractivity contribution >= 4 is 6.09 Å². The first-order valence-electron chi connectivity index (χ1n) is 6.68. The van der Waals surface area contributed by atoms with Gasteiger partial charge in [-0.3, -0.25) is 0 Å². The molecule has 0 aromatic rings. The number of hydrogen-bond acceptors (Lipinski definition) is 4. The molecule has 5 heteroatoms. The van der Waals surface area contributed by atoms with E-state index in [0.717, 1.165) is 19.6 Å². The number of nitrogens with two attached hydrogens (primary N) is 1. The van der Waals surface area contributed by atoms with Crippen LogP contribution >= 0.6 is 0 Å². The second kappa shape index (κ2) is 5.05. The molecule has 0 radical (unpaired) electrons. The van der Waals surface area contributed by atoms with Gasteiger partial charge in [0.15, 0.2) is 0 Å². The number of amides is 1. The van der Waals surface area contributed by atoms with Gasteiger partial charge in [0.05, 0.1) is 0 Å². The van der Waals surface area contributed by atoms with Crippen molar-refractivity contribution in [3.05, 3.63) is 0 Å². The summed E-state index contributed by atoms with van der Waals surface area (Å²) in [5.41, 5.74) is 5.70. The minimum atomic E-state index is -0.449. The normalized spacial score (nSPS) is 32.9. The highest BCUT2D eigenvalue weighted by atomic mass is 16.6. The second-order valence-electron chi connectivity index (χ2n) is 6.34. The Morgan fingerprint density at radius 1 is 1.39 bits per heavy atom. The minimum absolute atomic E-state index is 0.0456. The van der Waals surface area contributed by atoms with Crippen molar-refractivity contribution in [1.29, 1.82) is 0 Å². The van der Waals surface area contributed by atoms with Crippen molar-refractivity contribution in [2.45, 2.75) is 38.8 Å². The van der Waals surface area contributed by atoms with Crippen molar-refractivity contribution in [3.8, 4) is 0 Å². The van der Waals surface area contributed by atoms with Crippen molar-refractivity contribution in [2.75, 3.05) is 26.3 Å². The summed E-state index contributed by atoms with van der Waals surface area (Å²) in [7, 11) is 0. The quantitative estimate of drug-likeness (QED) is 0.766. The first kappa shape index (κ1) is 13.6. The molecular formula is C13H24N2O3. The van der Waals surface area contributed by atoms with E-state index in [1.165, 1.54) is 0 Å². The fourth-order valence-corrected chi connectivity index (χ4v) is 2.72. The highest BCUT2D eigenvalue weighted by Crippen LogP contribution is 2.30. The number of hydrogen-bond donors (Lipinski definition) is 1. The van der Waals surface area contributed by atoms with Crippen molar-refractivity contribution < 1.29 is 14.3 Å². The molecule has 1 amide bonds. The van der Waals surface area contributed by atoms with Crippen LogP contribution in [0.3, 0.4) is 0 Å². The van der Waals surface area contributed by atoms with E-state index in [1.54, 1.807) is 4.90 Å². The minimum Gasteiger partial charge on any atom is -0.444 e. The molecule has 2 saturated heterocycles. The zero-order valence-corrected chi connectivity index (χ0v) is 11.5. The molecule has 2 rings (SSSR count). The highest BCUT2D eigenvalue weighted by Gasteiger charge is 2.40. The number of carbonyl (C=O) groups is 1. The van der Waals surface area contributed by atoms with Gasteiger partial charge in [0.25, 0.3) is 0 Å². The second-order valence-corrected chi connectivity index (χ2v) is 6.34. The molecule has 2 N–H and O–H groups in total. The lowest BCUT2D eigenvalue weighted by atomic mass is 9.88. The predicted molar refractivity (Wildman–Crippen MR) is 68.2 cm³/mol. The molecule has 2 aliphatic rings. The number of nitrogens with zero attached hydrogens (tertiary/aromatic N) is 1. The number of likely N-dealkylation sites (tertiary alicyclic amines) is 1. The third-order valence-corrected chi connectivity index (χ3v) is 3.63. The summed E-state index contributed by atoms with van der Waals surface area (Å²) in [6, 6.07) is 0.0456. The zero-order valence-electron chi connectivity index (χ0n) is 11.5. The van der Waals surface area contributed by atoms with E-state index in [1.807, 2.05) is 20.8 Å². The third kappa shape index (κ3) is 3.14. The number of ether oxygens (including phenoxy) is 2. The average Bonchev–Trinajstić information content (AvgIpc) is 2.82. The molecule has 0 aromatic carbocycles. The lowest BCUT2D eigenvalue weighted by molar-refractivity contribution is 0.0281. The molecule has 0 aromatic heterocycles. The van der Waals surface area contributed by atoms with Crippen LogP contribution in [0.25, 0.3) is 0 Å². The van der Waals surface area contributed by atoms with Gasteiger partial charge in [0.1, 0.15) is 5.60 Å². The summed E-state index contributed by atoms with van der Waals surface area (Å²) in [6.07, 6.45) is 0.805. The monoisotopic (exact) mass is 256 g/mol. The molecule has 2 aliphatic heterocycles. The van der Waals surface area contributed by atoms with Crippen LogP contribution in [0.4, 0.5) is 4.79 Å². The van der Waals surface area contributed by atoms with Gasteiger partial charge in [0, 0.05) is 32.3 Å². The van der Waals surface area contributed by atoms with Gasteiger partial charge in [-0.05, 0) is 39.0 Å². The maximum atomic E-state index is 12.0.